The predicted molar refractivity (Wildman–Crippen MR) is 50.2 cm³/mol. The molecule has 1 aliphatic heterocycles. The predicted octanol–water partition coefficient (Wildman–Crippen LogP) is 2.23. The van der Waals surface area contributed by atoms with Crippen molar-refractivity contribution in [3.63, 3.8) is 0 Å². The lowest BCUT2D eigenvalue weighted by Gasteiger charge is -2.38. The van der Waals surface area contributed by atoms with Gasteiger partial charge < -0.3 is 14.3 Å². The van der Waals surface area contributed by atoms with E-state index in [1.807, 2.05) is 27.7 Å². The van der Waals surface area contributed by atoms with Crippen molar-refractivity contribution in [1.29, 1.82) is 0 Å². The van der Waals surface area contributed by atoms with E-state index < -0.39 is 11.3 Å². The zero-order valence-electron chi connectivity index (χ0n) is 8.76. The van der Waals surface area contributed by atoms with Crippen molar-refractivity contribution >= 4 is 0 Å². The maximum Gasteiger partial charge on any atom is 0.252 e. The summed E-state index contributed by atoms with van der Waals surface area (Å²) in [6.07, 6.45) is 0.785. The fourth-order valence-corrected chi connectivity index (χ4v) is 1.42. The zero-order valence-corrected chi connectivity index (χ0v) is 8.76. The van der Waals surface area contributed by atoms with Gasteiger partial charge in [-0.1, -0.05) is 0 Å². The molecule has 3 heteroatoms. The van der Waals surface area contributed by atoms with E-state index in [0.29, 0.717) is 6.61 Å². The van der Waals surface area contributed by atoms with Crippen LogP contribution >= 0.6 is 0 Å². The Balaban J connectivity index is 2.68. The van der Waals surface area contributed by atoms with Crippen LogP contribution in [0.15, 0.2) is 0 Å². The molecule has 0 spiro atoms. The summed E-state index contributed by atoms with van der Waals surface area (Å²) in [7, 11) is 0. The molecule has 0 aromatic carbocycles. The summed E-state index contributed by atoms with van der Waals surface area (Å²) in [4.78, 5) is 3.58. The Morgan fingerprint density at radius 3 is 2.54 bits per heavy atom. The number of rotatable bonds is 1. The Kier molecular flexibility index (Phi) is 2.65. The Bertz CT molecular complexity index is 228. The Hall–Kier alpha value is -0.590. The molecule has 1 atom stereocenters. The van der Waals surface area contributed by atoms with Crippen LogP contribution in [-0.4, -0.2) is 24.0 Å². The van der Waals surface area contributed by atoms with E-state index in [9.17, 15) is 0 Å². The molecule has 1 rings (SSSR count). The third-order valence-corrected chi connectivity index (χ3v) is 2.33. The summed E-state index contributed by atoms with van der Waals surface area (Å²) >= 11 is 0. The van der Waals surface area contributed by atoms with Crippen LogP contribution in [0, 0.1) is 6.57 Å². The molecule has 0 N–H and O–H groups in total. The first kappa shape index (κ1) is 10.5. The highest BCUT2D eigenvalue weighted by Gasteiger charge is 2.42. The van der Waals surface area contributed by atoms with Gasteiger partial charge in [0.25, 0.3) is 5.54 Å². The normalized spacial score (nSPS) is 28.1. The second-order valence-corrected chi connectivity index (χ2v) is 4.41. The summed E-state index contributed by atoms with van der Waals surface area (Å²) in [5.74, 6) is -0.537. The van der Waals surface area contributed by atoms with Crippen LogP contribution in [-0.2, 0) is 9.47 Å². The van der Waals surface area contributed by atoms with Gasteiger partial charge in [-0.05, 0) is 13.8 Å². The van der Waals surface area contributed by atoms with Crippen LogP contribution in [0.2, 0.25) is 0 Å². The van der Waals surface area contributed by atoms with Gasteiger partial charge >= 0.3 is 0 Å². The maximum atomic E-state index is 7.08. The first-order valence-electron chi connectivity index (χ1n) is 4.58. The second kappa shape index (κ2) is 3.28. The third-order valence-electron chi connectivity index (χ3n) is 2.33. The van der Waals surface area contributed by atoms with Gasteiger partial charge in [0, 0.05) is 20.3 Å². The van der Waals surface area contributed by atoms with Crippen molar-refractivity contribution in [3.8, 4) is 0 Å². The van der Waals surface area contributed by atoms with E-state index in [1.54, 1.807) is 0 Å². The molecule has 3 nitrogen and oxygen atoms in total. The molecule has 0 aromatic heterocycles. The number of ether oxygens (including phenoxy) is 2. The average molecular weight is 183 g/mol. The minimum atomic E-state index is -0.537. The van der Waals surface area contributed by atoms with Crippen LogP contribution in [0.25, 0.3) is 4.85 Å². The Labute approximate surface area is 79.8 Å². The van der Waals surface area contributed by atoms with Crippen molar-refractivity contribution in [2.45, 2.75) is 51.5 Å². The lowest BCUT2D eigenvalue weighted by molar-refractivity contribution is -0.280. The first-order valence-corrected chi connectivity index (χ1v) is 4.58. The minimum absolute atomic E-state index is 0.0197. The highest BCUT2D eigenvalue weighted by molar-refractivity contribution is 4.98. The molecule has 74 valence electrons. The molecule has 1 saturated heterocycles. The van der Waals surface area contributed by atoms with E-state index in [-0.39, 0.29) is 6.10 Å². The molecule has 0 amide bonds. The lowest BCUT2D eigenvalue weighted by Crippen LogP contribution is -2.47. The molecule has 1 aliphatic rings. The smallest absolute Gasteiger partial charge is 0.252 e. The van der Waals surface area contributed by atoms with E-state index >= 15 is 0 Å². The summed E-state index contributed by atoms with van der Waals surface area (Å²) < 4.78 is 11.1. The van der Waals surface area contributed by atoms with Crippen LogP contribution in [0.5, 0.6) is 0 Å². The number of hydrogen-bond donors (Lipinski definition) is 0. The topological polar surface area (TPSA) is 22.8 Å². The second-order valence-electron chi connectivity index (χ2n) is 4.41. The summed E-state index contributed by atoms with van der Waals surface area (Å²) in [5, 5.41) is 0. The lowest BCUT2D eigenvalue weighted by atomic mass is 9.95. The summed E-state index contributed by atoms with van der Waals surface area (Å²) in [6, 6.07) is 0. The highest BCUT2D eigenvalue weighted by Crippen LogP contribution is 2.30. The van der Waals surface area contributed by atoms with Gasteiger partial charge in [0.1, 0.15) is 6.10 Å². The zero-order chi connectivity index (χ0) is 10.1. The van der Waals surface area contributed by atoms with E-state index in [2.05, 4.69) is 4.85 Å². The van der Waals surface area contributed by atoms with Crippen molar-refractivity contribution in [3.05, 3.63) is 11.4 Å². The van der Waals surface area contributed by atoms with Crippen molar-refractivity contribution in [1.82, 2.24) is 0 Å². The van der Waals surface area contributed by atoms with Gasteiger partial charge in [0.2, 0.25) is 0 Å². The van der Waals surface area contributed by atoms with E-state index in [1.165, 1.54) is 0 Å². The monoisotopic (exact) mass is 183 g/mol. The molecular formula is C10H17NO2. The van der Waals surface area contributed by atoms with Gasteiger partial charge in [-0.25, -0.2) is 6.57 Å². The minimum Gasteiger partial charge on any atom is -0.350 e. The fourth-order valence-electron chi connectivity index (χ4n) is 1.42. The molecule has 13 heavy (non-hydrogen) atoms. The highest BCUT2D eigenvalue weighted by atomic mass is 16.7. The molecule has 0 saturated carbocycles. The largest absolute Gasteiger partial charge is 0.350 e. The van der Waals surface area contributed by atoms with Gasteiger partial charge in [-0.3, -0.25) is 0 Å². The van der Waals surface area contributed by atoms with Crippen molar-refractivity contribution < 1.29 is 9.47 Å². The van der Waals surface area contributed by atoms with E-state index in [0.717, 1.165) is 6.42 Å². The van der Waals surface area contributed by atoms with Crippen LogP contribution in [0.3, 0.4) is 0 Å². The quantitative estimate of drug-likeness (QED) is 0.582. The SMILES string of the molecule is [C-]#[N+]C(C)(C)C1CCOC(C)(C)O1. The first-order chi connectivity index (χ1) is 5.87. The molecule has 1 fully saturated rings. The van der Waals surface area contributed by atoms with Crippen LogP contribution in [0.1, 0.15) is 34.1 Å². The van der Waals surface area contributed by atoms with E-state index in [4.69, 9.17) is 16.0 Å². The molecule has 0 aliphatic carbocycles. The molecule has 1 unspecified atom stereocenters. The standard InChI is InChI=1S/C10H17NO2/c1-9(2,11-5)8-6-7-12-10(3,4)13-8/h8H,6-7H2,1-4H3. The average Bonchev–Trinajstić information content (AvgIpc) is 2.03. The molecule has 0 aromatic rings. The van der Waals surface area contributed by atoms with Crippen LogP contribution in [0.4, 0.5) is 0 Å². The maximum absolute atomic E-state index is 7.08. The van der Waals surface area contributed by atoms with Gasteiger partial charge in [-0.2, -0.15) is 0 Å². The van der Waals surface area contributed by atoms with Crippen molar-refractivity contribution in [2.75, 3.05) is 6.61 Å². The molecule has 0 radical (unpaired) electrons. The van der Waals surface area contributed by atoms with Gasteiger partial charge in [0.15, 0.2) is 5.79 Å². The van der Waals surface area contributed by atoms with Gasteiger partial charge in [0.05, 0.1) is 6.61 Å². The summed E-state index contributed by atoms with van der Waals surface area (Å²) in [6.45, 7) is 15.3. The molecular weight excluding hydrogens is 166 g/mol. The molecule has 1 heterocycles. The fraction of sp³-hybridized carbons (Fsp3) is 0.900. The Morgan fingerprint density at radius 2 is 2.08 bits per heavy atom. The van der Waals surface area contributed by atoms with Gasteiger partial charge in [-0.15, -0.1) is 0 Å². The Morgan fingerprint density at radius 1 is 1.46 bits per heavy atom. The number of nitrogens with zero attached hydrogens (tertiary/aromatic N) is 1. The third kappa shape index (κ3) is 2.43. The summed E-state index contributed by atoms with van der Waals surface area (Å²) in [5.41, 5.74) is -0.443. The van der Waals surface area contributed by atoms with Crippen LogP contribution < -0.4 is 0 Å². The van der Waals surface area contributed by atoms with Crippen molar-refractivity contribution in [2.24, 2.45) is 0 Å². The number of hydrogen-bond acceptors (Lipinski definition) is 2. The molecule has 0 bridgehead atoms.